The van der Waals surface area contributed by atoms with Crippen LogP contribution in [0, 0.1) is 6.92 Å². The number of carbonyl (C=O) groups is 1. The van der Waals surface area contributed by atoms with E-state index in [1.165, 1.54) is 5.56 Å². The molecule has 0 aliphatic carbocycles. The molecule has 0 unspecified atom stereocenters. The maximum Gasteiger partial charge on any atom is 0.255 e. The molecule has 0 atom stereocenters. The molecule has 0 saturated carbocycles. The van der Waals surface area contributed by atoms with Crippen molar-refractivity contribution in [3.8, 4) is 11.3 Å². The number of halogens is 2. The Balaban J connectivity index is 1.90. The van der Waals surface area contributed by atoms with Crippen molar-refractivity contribution < 1.29 is 4.79 Å². The smallest absolute Gasteiger partial charge is 0.255 e. The zero-order valence-electron chi connectivity index (χ0n) is 15.7. The Labute approximate surface area is 168 Å². The van der Waals surface area contributed by atoms with Crippen molar-refractivity contribution in [2.45, 2.75) is 33.1 Å². The standard InChI is InChI=1S/C21H21Cl2N3O/c1-12-18(24-20(27)14-7-10-16(22)17(23)11-14)19(26-25-12)13-5-8-15(9-6-13)21(2,3)4/h5-11H,1-4H3,(H,24,27)(H,25,26). The van der Waals surface area contributed by atoms with Crippen molar-refractivity contribution in [2.24, 2.45) is 0 Å². The van der Waals surface area contributed by atoms with E-state index >= 15 is 0 Å². The third-order valence-electron chi connectivity index (χ3n) is 4.39. The Morgan fingerprint density at radius 2 is 1.70 bits per heavy atom. The number of nitrogens with one attached hydrogen (secondary N) is 2. The van der Waals surface area contributed by atoms with Crippen molar-refractivity contribution in [1.29, 1.82) is 0 Å². The molecule has 0 spiro atoms. The lowest BCUT2D eigenvalue weighted by Crippen LogP contribution is -2.13. The van der Waals surface area contributed by atoms with Gasteiger partial charge in [0.15, 0.2) is 0 Å². The molecule has 0 aliphatic heterocycles. The second-order valence-corrected chi connectivity index (χ2v) is 8.30. The highest BCUT2D eigenvalue weighted by molar-refractivity contribution is 6.42. The lowest BCUT2D eigenvalue weighted by molar-refractivity contribution is 0.102. The minimum absolute atomic E-state index is 0.0743. The van der Waals surface area contributed by atoms with Gasteiger partial charge in [-0.15, -0.1) is 0 Å². The van der Waals surface area contributed by atoms with Crippen LogP contribution in [-0.2, 0) is 5.41 Å². The van der Waals surface area contributed by atoms with Gasteiger partial charge in [-0.1, -0.05) is 68.2 Å². The van der Waals surface area contributed by atoms with Crippen LogP contribution in [0.25, 0.3) is 11.3 Å². The van der Waals surface area contributed by atoms with Gasteiger partial charge in [0, 0.05) is 11.1 Å². The Morgan fingerprint density at radius 1 is 1.04 bits per heavy atom. The zero-order valence-corrected chi connectivity index (χ0v) is 17.2. The largest absolute Gasteiger partial charge is 0.319 e. The van der Waals surface area contributed by atoms with E-state index < -0.39 is 0 Å². The molecular weight excluding hydrogens is 381 g/mol. The monoisotopic (exact) mass is 401 g/mol. The Hall–Kier alpha value is -2.30. The lowest BCUT2D eigenvalue weighted by Gasteiger charge is -2.19. The van der Waals surface area contributed by atoms with Crippen LogP contribution in [0.5, 0.6) is 0 Å². The molecule has 3 rings (SSSR count). The average Bonchev–Trinajstić information content (AvgIpc) is 2.97. The molecule has 1 heterocycles. The summed E-state index contributed by atoms with van der Waals surface area (Å²) in [5.41, 5.74) is 4.79. The van der Waals surface area contributed by atoms with E-state index in [0.29, 0.717) is 27.0 Å². The number of aromatic nitrogens is 2. The topological polar surface area (TPSA) is 57.8 Å². The first-order chi connectivity index (χ1) is 12.7. The normalized spacial score (nSPS) is 11.5. The summed E-state index contributed by atoms with van der Waals surface area (Å²) in [6.45, 7) is 8.38. The lowest BCUT2D eigenvalue weighted by atomic mass is 9.86. The number of H-pyrrole nitrogens is 1. The molecule has 4 nitrogen and oxygen atoms in total. The molecule has 6 heteroatoms. The first-order valence-electron chi connectivity index (χ1n) is 8.59. The fourth-order valence-corrected chi connectivity index (χ4v) is 3.04. The highest BCUT2D eigenvalue weighted by Crippen LogP contribution is 2.31. The molecule has 0 radical (unpaired) electrons. The Kier molecular flexibility index (Phi) is 5.31. The van der Waals surface area contributed by atoms with E-state index in [9.17, 15) is 4.79 Å². The van der Waals surface area contributed by atoms with Gasteiger partial charge in [-0.05, 0) is 36.1 Å². The van der Waals surface area contributed by atoms with Crippen molar-refractivity contribution >= 4 is 34.8 Å². The van der Waals surface area contributed by atoms with Crippen LogP contribution >= 0.6 is 23.2 Å². The molecule has 0 aliphatic rings. The summed E-state index contributed by atoms with van der Waals surface area (Å²) in [6.07, 6.45) is 0. The van der Waals surface area contributed by atoms with Crippen LogP contribution in [0.3, 0.4) is 0 Å². The number of aromatic amines is 1. The van der Waals surface area contributed by atoms with Gasteiger partial charge in [0.2, 0.25) is 0 Å². The van der Waals surface area contributed by atoms with E-state index in [1.54, 1.807) is 18.2 Å². The van der Waals surface area contributed by atoms with Gasteiger partial charge in [-0.2, -0.15) is 5.10 Å². The van der Waals surface area contributed by atoms with Crippen LogP contribution in [0.4, 0.5) is 5.69 Å². The summed E-state index contributed by atoms with van der Waals surface area (Å²) in [5, 5.41) is 11.0. The summed E-state index contributed by atoms with van der Waals surface area (Å²) in [6, 6.07) is 13.0. The second-order valence-electron chi connectivity index (χ2n) is 7.48. The first kappa shape index (κ1) is 19.5. The molecule has 0 fully saturated rings. The summed E-state index contributed by atoms with van der Waals surface area (Å²) in [4.78, 5) is 12.6. The number of aryl methyl sites for hydroxylation is 1. The first-order valence-corrected chi connectivity index (χ1v) is 9.34. The molecule has 0 bridgehead atoms. The summed E-state index contributed by atoms with van der Waals surface area (Å²) in [5.74, 6) is -0.273. The van der Waals surface area contributed by atoms with Crippen molar-refractivity contribution in [2.75, 3.05) is 5.32 Å². The molecule has 1 aromatic heterocycles. The third kappa shape index (κ3) is 4.18. The van der Waals surface area contributed by atoms with Crippen molar-refractivity contribution in [3.05, 3.63) is 69.3 Å². The highest BCUT2D eigenvalue weighted by atomic mass is 35.5. The second kappa shape index (κ2) is 7.37. The number of amides is 1. The van der Waals surface area contributed by atoms with E-state index in [4.69, 9.17) is 23.2 Å². The molecule has 0 saturated heterocycles. The molecular formula is C21H21Cl2N3O. The van der Waals surface area contributed by atoms with Gasteiger partial charge >= 0.3 is 0 Å². The predicted molar refractivity (Wildman–Crippen MR) is 112 cm³/mol. The minimum Gasteiger partial charge on any atom is -0.319 e. The minimum atomic E-state index is -0.273. The number of anilines is 1. The fraction of sp³-hybridized carbons (Fsp3) is 0.238. The average molecular weight is 402 g/mol. The Bertz CT molecular complexity index is 986. The Morgan fingerprint density at radius 3 is 2.30 bits per heavy atom. The van der Waals surface area contributed by atoms with Gasteiger partial charge in [0.25, 0.3) is 5.91 Å². The van der Waals surface area contributed by atoms with Crippen LogP contribution in [0.1, 0.15) is 42.4 Å². The van der Waals surface area contributed by atoms with Crippen LogP contribution in [0.15, 0.2) is 42.5 Å². The molecule has 27 heavy (non-hydrogen) atoms. The fourth-order valence-electron chi connectivity index (χ4n) is 2.74. The molecule has 1 amide bonds. The third-order valence-corrected chi connectivity index (χ3v) is 5.13. The molecule has 3 aromatic rings. The number of benzene rings is 2. The van der Waals surface area contributed by atoms with Gasteiger partial charge in [-0.3, -0.25) is 9.89 Å². The van der Waals surface area contributed by atoms with E-state index in [1.807, 2.05) is 19.1 Å². The summed E-state index contributed by atoms with van der Waals surface area (Å²) < 4.78 is 0. The summed E-state index contributed by atoms with van der Waals surface area (Å²) >= 11 is 11.9. The zero-order chi connectivity index (χ0) is 19.8. The number of hydrogen-bond donors (Lipinski definition) is 2. The summed E-state index contributed by atoms with van der Waals surface area (Å²) in [7, 11) is 0. The molecule has 2 aromatic carbocycles. The number of nitrogens with zero attached hydrogens (tertiary/aromatic N) is 1. The van der Waals surface area contributed by atoms with Crippen LogP contribution in [-0.4, -0.2) is 16.1 Å². The van der Waals surface area contributed by atoms with Gasteiger partial charge < -0.3 is 5.32 Å². The van der Waals surface area contributed by atoms with Gasteiger partial charge in [0.1, 0.15) is 5.69 Å². The van der Waals surface area contributed by atoms with Crippen LogP contribution in [0.2, 0.25) is 10.0 Å². The van der Waals surface area contributed by atoms with E-state index in [0.717, 1.165) is 11.3 Å². The number of rotatable bonds is 3. The SMILES string of the molecule is Cc1[nH]nc(-c2ccc(C(C)(C)C)cc2)c1NC(=O)c1ccc(Cl)c(Cl)c1. The van der Waals surface area contributed by atoms with Crippen LogP contribution < -0.4 is 5.32 Å². The quantitative estimate of drug-likeness (QED) is 0.545. The molecule has 140 valence electrons. The van der Waals surface area contributed by atoms with Crippen molar-refractivity contribution in [1.82, 2.24) is 10.2 Å². The van der Waals surface area contributed by atoms with Gasteiger partial charge in [0.05, 0.1) is 21.4 Å². The number of carbonyl (C=O) groups excluding carboxylic acids is 1. The van der Waals surface area contributed by atoms with E-state index in [2.05, 4.69) is 48.4 Å². The number of hydrogen-bond acceptors (Lipinski definition) is 2. The van der Waals surface area contributed by atoms with Crippen molar-refractivity contribution in [3.63, 3.8) is 0 Å². The highest BCUT2D eigenvalue weighted by Gasteiger charge is 2.18. The van der Waals surface area contributed by atoms with E-state index in [-0.39, 0.29) is 11.3 Å². The maximum absolute atomic E-state index is 12.6. The maximum atomic E-state index is 12.6. The molecule has 2 N–H and O–H groups in total. The van der Waals surface area contributed by atoms with Gasteiger partial charge in [-0.25, -0.2) is 0 Å². The predicted octanol–water partition coefficient (Wildman–Crippen LogP) is 6.24.